The van der Waals surface area contributed by atoms with Crippen molar-refractivity contribution in [3.8, 4) is 11.5 Å². The van der Waals surface area contributed by atoms with E-state index in [0.717, 1.165) is 62.8 Å². The number of piperazine rings is 1. The van der Waals surface area contributed by atoms with Gasteiger partial charge in [0.05, 0.1) is 19.4 Å². The molecule has 0 spiro atoms. The van der Waals surface area contributed by atoms with Crippen LogP contribution in [0.3, 0.4) is 0 Å². The number of para-hydroxylation sites is 2. The highest BCUT2D eigenvalue weighted by molar-refractivity contribution is 5.95. The minimum Gasteiger partial charge on any atom is -0.495 e. The fourth-order valence-corrected chi connectivity index (χ4v) is 4.57. The van der Waals surface area contributed by atoms with E-state index in [-0.39, 0.29) is 5.91 Å². The first-order valence-corrected chi connectivity index (χ1v) is 11.3. The van der Waals surface area contributed by atoms with Gasteiger partial charge in [-0.05, 0) is 42.5 Å². The van der Waals surface area contributed by atoms with Crippen LogP contribution in [0.1, 0.15) is 37.7 Å². The highest BCUT2D eigenvalue weighted by Crippen LogP contribution is 2.36. The third kappa shape index (κ3) is 5.13. The SMILES string of the molecule is CCC1CC(=O)Nc2cc(OCCCN3CCN(c4ccccc4OC)CC3)ccc21. The van der Waals surface area contributed by atoms with E-state index in [1.54, 1.807) is 7.11 Å². The van der Waals surface area contributed by atoms with E-state index in [4.69, 9.17) is 9.47 Å². The summed E-state index contributed by atoms with van der Waals surface area (Å²) in [5.74, 6) is 2.18. The van der Waals surface area contributed by atoms with Crippen LogP contribution >= 0.6 is 0 Å². The van der Waals surface area contributed by atoms with Gasteiger partial charge in [-0.2, -0.15) is 0 Å². The summed E-state index contributed by atoms with van der Waals surface area (Å²) in [5.41, 5.74) is 3.31. The summed E-state index contributed by atoms with van der Waals surface area (Å²) in [5, 5.41) is 2.99. The molecule has 0 radical (unpaired) electrons. The third-order valence-corrected chi connectivity index (χ3v) is 6.35. The molecule has 0 bridgehead atoms. The molecule has 0 aliphatic carbocycles. The fraction of sp³-hybridized carbons (Fsp3) is 0.480. The van der Waals surface area contributed by atoms with Gasteiger partial charge in [0.1, 0.15) is 11.5 Å². The molecule has 2 aliphatic heterocycles. The van der Waals surface area contributed by atoms with Crippen molar-refractivity contribution in [2.75, 3.05) is 56.7 Å². The van der Waals surface area contributed by atoms with Gasteiger partial charge in [-0.3, -0.25) is 9.69 Å². The predicted octanol–water partition coefficient (Wildman–Crippen LogP) is 4.12. The molecule has 31 heavy (non-hydrogen) atoms. The Morgan fingerprint density at radius 2 is 1.90 bits per heavy atom. The van der Waals surface area contributed by atoms with Crippen molar-refractivity contribution < 1.29 is 14.3 Å². The van der Waals surface area contributed by atoms with Gasteiger partial charge in [-0.25, -0.2) is 0 Å². The Bertz CT molecular complexity index is 893. The van der Waals surface area contributed by atoms with E-state index >= 15 is 0 Å². The second-order valence-corrected chi connectivity index (χ2v) is 8.31. The van der Waals surface area contributed by atoms with Crippen LogP contribution in [0.25, 0.3) is 0 Å². The molecule has 0 aromatic heterocycles. The fourth-order valence-electron chi connectivity index (χ4n) is 4.57. The van der Waals surface area contributed by atoms with Crippen LogP contribution in [-0.4, -0.2) is 57.2 Å². The smallest absolute Gasteiger partial charge is 0.224 e. The molecule has 1 fully saturated rings. The Morgan fingerprint density at radius 3 is 2.68 bits per heavy atom. The van der Waals surface area contributed by atoms with E-state index in [1.807, 2.05) is 24.3 Å². The normalized spacial score (nSPS) is 19.0. The summed E-state index contributed by atoms with van der Waals surface area (Å²) in [6.07, 6.45) is 2.54. The summed E-state index contributed by atoms with van der Waals surface area (Å²) >= 11 is 0. The van der Waals surface area contributed by atoms with E-state index in [9.17, 15) is 4.79 Å². The largest absolute Gasteiger partial charge is 0.495 e. The zero-order valence-corrected chi connectivity index (χ0v) is 18.6. The lowest BCUT2D eigenvalue weighted by atomic mass is 9.88. The lowest BCUT2D eigenvalue weighted by Gasteiger charge is -2.36. The first kappa shape index (κ1) is 21.5. The van der Waals surface area contributed by atoms with Gasteiger partial charge >= 0.3 is 0 Å². The first-order chi connectivity index (χ1) is 15.2. The van der Waals surface area contributed by atoms with Crippen LogP contribution < -0.4 is 19.7 Å². The van der Waals surface area contributed by atoms with Crippen LogP contribution in [0, 0.1) is 0 Å². The summed E-state index contributed by atoms with van der Waals surface area (Å²) < 4.78 is 11.5. The highest BCUT2D eigenvalue weighted by atomic mass is 16.5. The van der Waals surface area contributed by atoms with Crippen molar-refractivity contribution in [3.63, 3.8) is 0 Å². The zero-order valence-electron chi connectivity index (χ0n) is 18.6. The molecule has 1 saturated heterocycles. The minimum atomic E-state index is 0.101. The van der Waals surface area contributed by atoms with Crippen molar-refractivity contribution in [2.45, 2.75) is 32.1 Å². The molecule has 0 saturated carbocycles. The van der Waals surface area contributed by atoms with Gasteiger partial charge in [-0.1, -0.05) is 25.1 Å². The lowest BCUT2D eigenvalue weighted by molar-refractivity contribution is -0.116. The average molecular weight is 424 g/mol. The Hall–Kier alpha value is -2.73. The summed E-state index contributed by atoms with van der Waals surface area (Å²) in [7, 11) is 1.73. The van der Waals surface area contributed by atoms with Crippen LogP contribution in [0.15, 0.2) is 42.5 Å². The van der Waals surface area contributed by atoms with E-state index < -0.39 is 0 Å². The highest BCUT2D eigenvalue weighted by Gasteiger charge is 2.24. The van der Waals surface area contributed by atoms with Crippen LogP contribution in [0.2, 0.25) is 0 Å². The number of methoxy groups -OCH3 is 1. The molecule has 1 amide bonds. The van der Waals surface area contributed by atoms with Gasteiger partial charge in [-0.15, -0.1) is 0 Å². The Labute approximate surface area is 185 Å². The monoisotopic (exact) mass is 423 g/mol. The number of fused-ring (bicyclic) bond motifs is 1. The number of nitrogens with zero attached hydrogens (tertiary/aromatic N) is 2. The second-order valence-electron chi connectivity index (χ2n) is 8.31. The summed E-state index contributed by atoms with van der Waals surface area (Å²) in [6.45, 7) is 7.93. The quantitative estimate of drug-likeness (QED) is 0.648. The van der Waals surface area contributed by atoms with Crippen LogP contribution in [0.5, 0.6) is 11.5 Å². The molecule has 6 heteroatoms. The number of rotatable bonds is 8. The second kappa shape index (κ2) is 10.1. The van der Waals surface area contributed by atoms with Gasteiger partial charge < -0.3 is 19.7 Å². The number of amides is 1. The van der Waals surface area contributed by atoms with E-state index in [1.165, 1.54) is 11.3 Å². The number of hydrogen-bond acceptors (Lipinski definition) is 5. The maximum atomic E-state index is 11.9. The zero-order chi connectivity index (χ0) is 21.6. The Morgan fingerprint density at radius 1 is 1.10 bits per heavy atom. The minimum absolute atomic E-state index is 0.101. The van der Waals surface area contributed by atoms with Gasteiger partial charge in [0.2, 0.25) is 5.91 Å². The molecule has 2 aromatic rings. The predicted molar refractivity (Wildman–Crippen MR) is 124 cm³/mol. The van der Waals surface area contributed by atoms with Crippen molar-refractivity contribution in [1.82, 2.24) is 4.90 Å². The van der Waals surface area contributed by atoms with Crippen LogP contribution in [0.4, 0.5) is 11.4 Å². The number of benzene rings is 2. The van der Waals surface area contributed by atoms with Crippen molar-refractivity contribution in [1.29, 1.82) is 0 Å². The molecule has 1 N–H and O–H groups in total. The first-order valence-electron chi connectivity index (χ1n) is 11.3. The Kier molecular flexibility index (Phi) is 6.97. The molecule has 1 atom stereocenters. The number of carbonyl (C=O) groups is 1. The molecule has 4 rings (SSSR count). The number of anilines is 2. The lowest BCUT2D eigenvalue weighted by Crippen LogP contribution is -2.46. The van der Waals surface area contributed by atoms with E-state index in [0.29, 0.717) is 18.9 Å². The maximum absolute atomic E-state index is 11.9. The number of hydrogen-bond donors (Lipinski definition) is 1. The molecular weight excluding hydrogens is 390 g/mol. The Balaban J connectivity index is 1.22. The van der Waals surface area contributed by atoms with Gasteiger partial charge in [0.25, 0.3) is 0 Å². The molecule has 1 unspecified atom stereocenters. The number of nitrogens with one attached hydrogen (secondary N) is 1. The number of ether oxygens (including phenoxy) is 2. The summed E-state index contributed by atoms with van der Waals surface area (Å²) in [6, 6.07) is 14.3. The van der Waals surface area contributed by atoms with Crippen molar-refractivity contribution >= 4 is 17.3 Å². The van der Waals surface area contributed by atoms with Crippen molar-refractivity contribution in [2.24, 2.45) is 0 Å². The maximum Gasteiger partial charge on any atom is 0.224 e. The molecule has 6 nitrogen and oxygen atoms in total. The topological polar surface area (TPSA) is 54.0 Å². The van der Waals surface area contributed by atoms with Gasteiger partial charge in [0, 0.05) is 50.9 Å². The van der Waals surface area contributed by atoms with Gasteiger partial charge in [0.15, 0.2) is 0 Å². The van der Waals surface area contributed by atoms with E-state index in [2.05, 4.69) is 40.2 Å². The number of carbonyl (C=O) groups excluding carboxylic acids is 1. The molecule has 2 heterocycles. The van der Waals surface area contributed by atoms with Crippen molar-refractivity contribution in [3.05, 3.63) is 48.0 Å². The molecule has 2 aliphatic rings. The molecule has 166 valence electrons. The molecule has 2 aromatic carbocycles. The standard InChI is InChI=1S/C25H33N3O3/c1-3-19-17-25(29)26-22-18-20(9-10-21(19)22)31-16-6-11-27-12-14-28(15-13-27)23-7-4-5-8-24(23)30-2/h4-5,7-10,18-19H,3,6,11-17H2,1-2H3,(H,26,29). The van der Waals surface area contributed by atoms with Crippen LogP contribution in [-0.2, 0) is 4.79 Å². The summed E-state index contributed by atoms with van der Waals surface area (Å²) in [4.78, 5) is 16.8. The molecular formula is C25H33N3O3. The third-order valence-electron chi connectivity index (χ3n) is 6.35. The average Bonchev–Trinajstić information content (AvgIpc) is 2.81.